The van der Waals surface area contributed by atoms with Crippen LogP contribution in [0.5, 0.6) is 0 Å². The molecule has 110 valence electrons. The Bertz CT molecular complexity index is 471. The van der Waals surface area contributed by atoms with Gasteiger partial charge < -0.3 is 4.90 Å². The lowest BCUT2D eigenvalue weighted by Gasteiger charge is -2.46. The number of rotatable bonds is 0. The minimum Gasteiger partial charge on any atom is -0.342 e. The fourth-order valence-electron chi connectivity index (χ4n) is 3.23. The van der Waals surface area contributed by atoms with E-state index >= 15 is 0 Å². The standard InChI is InChI=1S/C14H18N2O2.C2H6/c1-9(17)16-5-4-12-11(8-16)6-10(7-15)13(18)14(12,2)3;1-2/h6,11-12H,4-5,8H2,1-3H3;1-2H3. The number of allylic oxidation sites excluding steroid dienone is 1. The van der Waals surface area contributed by atoms with E-state index in [0.29, 0.717) is 13.1 Å². The molecule has 1 heterocycles. The summed E-state index contributed by atoms with van der Waals surface area (Å²) in [5.74, 6) is 0.375. The van der Waals surface area contributed by atoms with E-state index in [2.05, 4.69) is 0 Å². The van der Waals surface area contributed by atoms with Crippen LogP contribution in [0.3, 0.4) is 0 Å². The molecular weight excluding hydrogens is 252 g/mol. The molecule has 1 aliphatic heterocycles. The summed E-state index contributed by atoms with van der Waals surface area (Å²) < 4.78 is 0. The molecule has 4 nitrogen and oxygen atoms in total. The van der Waals surface area contributed by atoms with Crippen LogP contribution in [0.25, 0.3) is 0 Å². The van der Waals surface area contributed by atoms with Gasteiger partial charge in [-0.1, -0.05) is 33.8 Å². The predicted octanol–water partition coefficient (Wildman–Crippen LogP) is 2.56. The SMILES string of the molecule is CC.CC(=O)N1CCC2C(C=C(C#N)C(=O)C2(C)C)C1. The lowest BCUT2D eigenvalue weighted by Crippen LogP contribution is -2.51. The van der Waals surface area contributed by atoms with Gasteiger partial charge in [0.15, 0.2) is 5.78 Å². The van der Waals surface area contributed by atoms with Gasteiger partial charge in [0, 0.05) is 25.4 Å². The van der Waals surface area contributed by atoms with Crippen LogP contribution in [0.15, 0.2) is 11.6 Å². The second-order valence-electron chi connectivity index (χ2n) is 5.77. The third-order valence-corrected chi connectivity index (χ3v) is 4.36. The van der Waals surface area contributed by atoms with Crippen molar-refractivity contribution in [3.8, 4) is 6.07 Å². The monoisotopic (exact) mass is 276 g/mol. The maximum Gasteiger partial charge on any atom is 0.219 e. The van der Waals surface area contributed by atoms with Crippen LogP contribution >= 0.6 is 0 Å². The number of carbonyl (C=O) groups excluding carboxylic acids is 2. The third kappa shape index (κ3) is 2.77. The molecule has 1 fully saturated rings. The fraction of sp³-hybridized carbons (Fsp3) is 0.688. The molecule has 20 heavy (non-hydrogen) atoms. The summed E-state index contributed by atoms with van der Waals surface area (Å²) in [5.41, 5.74) is -0.237. The summed E-state index contributed by atoms with van der Waals surface area (Å²) in [6.45, 7) is 10.7. The van der Waals surface area contributed by atoms with E-state index in [-0.39, 0.29) is 29.1 Å². The average molecular weight is 276 g/mol. The maximum atomic E-state index is 12.2. The Morgan fingerprint density at radius 1 is 1.45 bits per heavy atom. The van der Waals surface area contributed by atoms with Crippen LogP contribution in [0, 0.1) is 28.6 Å². The van der Waals surface area contributed by atoms with Crippen LogP contribution < -0.4 is 0 Å². The molecule has 1 aliphatic carbocycles. The van der Waals surface area contributed by atoms with Crippen molar-refractivity contribution in [1.82, 2.24) is 4.90 Å². The van der Waals surface area contributed by atoms with Crippen LogP contribution in [0.2, 0.25) is 0 Å². The quantitative estimate of drug-likeness (QED) is 0.683. The van der Waals surface area contributed by atoms with Gasteiger partial charge >= 0.3 is 0 Å². The molecule has 0 spiro atoms. The summed E-state index contributed by atoms with van der Waals surface area (Å²) in [5, 5.41) is 9.04. The Kier molecular flexibility index (Phi) is 5.10. The second kappa shape index (κ2) is 6.21. The van der Waals surface area contributed by atoms with Gasteiger partial charge in [0.1, 0.15) is 6.07 Å². The summed E-state index contributed by atoms with van der Waals surface area (Å²) in [7, 11) is 0. The molecule has 0 aromatic heterocycles. The molecular formula is C16H24N2O2. The summed E-state index contributed by atoms with van der Waals surface area (Å²) >= 11 is 0. The minimum atomic E-state index is -0.493. The fourth-order valence-corrected chi connectivity index (χ4v) is 3.23. The Morgan fingerprint density at radius 2 is 2.05 bits per heavy atom. The van der Waals surface area contributed by atoms with Crippen molar-refractivity contribution in [3.63, 3.8) is 0 Å². The number of likely N-dealkylation sites (tertiary alicyclic amines) is 1. The lowest BCUT2D eigenvalue weighted by molar-refractivity contribution is -0.135. The van der Waals surface area contributed by atoms with Crippen LogP contribution in [0.1, 0.15) is 41.0 Å². The van der Waals surface area contributed by atoms with Gasteiger partial charge in [0.05, 0.1) is 5.57 Å². The minimum absolute atomic E-state index is 0.0532. The molecule has 2 atom stereocenters. The van der Waals surface area contributed by atoms with Gasteiger partial charge in [0.2, 0.25) is 5.91 Å². The topological polar surface area (TPSA) is 61.2 Å². The van der Waals surface area contributed by atoms with Crippen LogP contribution in [0.4, 0.5) is 0 Å². The van der Waals surface area contributed by atoms with Crippen molar-refractivity contribution < 1.29 is 9.59 Å². The molecule has 0 N–H and O–H groups in total. The zero-order valence-electron chi connectivity index (χ0n) is 13.1. The number of amides is 1. The Balaban J connectivity index is 0.000000956. The van der Waals surface area contributed by atoms with Gasteiger partial charge in [-0.15, -0.1) is 0 Å². The summed E-state index contributed by atoms with van der Waals surface area (Å²) in [6.07, 6.45) is 2.60. The van der Waals surface area contributed by atoms with E-state index in [0.717, 1.165) is 6.42 Å². The van der Waals surface area contributed by atoms with E-state index in [1.54, 1.807) is 17.9 Å². The van der Waals surface area contributed by atoms with E-state index in [4.69, 9.17) is 5.26 Å². The first kappa shape index (κ1) is 16.4. The smallest absolute Gasteiger partial charge is 0.219 e. The first-order valence-electron chi connectivity index (χ1n) is 7.30. The van der Waals surface area contributed by atoms with E-state index in [1.807, 2.05) is 33.8 Å². The molecule has 0 saturated carbocycles. The zero-order chi connectivity index (χ0) is 15.5. The molecule has 0 radical (unpaired) electrons. The number of nitrogens with zero attached hydrogens (tertiary/aromatic N) is 2. The molecule has 2 unspecified atom stereocenters. The highest BCUT2D eigenvalue weighted by Gasteiger charge is 2.47. The van der Waals surface area contributed by atoms with Crippen LogP contribution in [-0.2, 0) is 9.59 Å². The van der Waals surface area contributed by atoms with E-state index < -0.39 is 5.41 Å². The van der Waals surface area contributed by atoms with Gasteiger partial charge in [-0.25, -0.2) is 0 Å². The van der Waals surface area contributed by atoms with Gasteiger partial charge in [-0.05, 0) is 18.3 Å². The van der Waals surface area contributed by atoms with Crippen molar-refractivity contribution in [1.29, 1.82) is 5.26 Å². The van der Waals surface area contributed by atoms with Gasteiger partial charge in [-0.2, -0.15) is 5.26 Å². The van der Waals surface area contributed by atoms with Crippen LogP contribution in [-0.4, -0.2) is 29.7 Å². The number of hydrogen-bond acceptors (Lipinski definition) is 3. The molecule has 1 saturated heterocycles. The van der Waals surface area contributed by atoms with Crippen molar-refractivity contribution in [3.05, 3.63) is 11.6 Å². The number of ketones is 1. The maximum absolute atomic E-state index is 12.2. The molecule has 2 rings (SSSR count). The largest absolute Gasteiger partial charge is 0.342 e. The molecule has 2 aliphatic rings. The number of carbonyl (C=O) groups is 2. The average Bonchev–Trinajstić information content (AvgIpc) is 2.44. The van der Waals surface area contributed by atoms with Gasteiger partial charge in [-0.3, -0.25) is 9.59 Å². The van der Waals surface area contributed by atoms with Crippen molar-refractivity contribution in [2.24, 2.45) is 17.3 Å². The molecule has 1 amide bonds. The first-order valence-corrected chi connectivity index (χ1v) is 7.30. The Labute approximate surface area is 121 Å². The van der Waals surface area contributed by atoms with Crippen molar-refractivity contribution >= 4 is 11.7 Å². The van der Waals surface area contributed by atoms with E-state index in [1.165, 1.54) is 0 Å². The molecule has 0 aromatic carbocycles. The molecule has 4 heteroatoms. The Hall–Kier alpha value is -1.63. The van der Waals surface area contributed by atoms with Crippen molar-refractivity contribution in [2.75, 3.05) is 13.1 Å². The number of hydrogen-bond donors (Lipinski definition) is 0. The molecule has 0 aromatic rings. The van der Waals surface area contributed by atoms with Gasteiger partial charge in [0.25, 0.3) is 0 Å². The number of Topliss-reactive ketones (excluding diaryl/α,β-unsaturated/α-hetero) is 1. The lowest BCUT2D eigenvalue weighted by atomic mass is 9.61. The summed E-state index contributed by atoms with van der Waals surface area (Å²) in [6, 6.07) is 1.99. The highest BCUT2D eigenvalue weighted by Crippen LogP contribution is 2.44. The highest BCUT2D eigenvalue weighted by atomic mass is 16.2. The Morgan fingerprint density at radius 3 is 2.55 bits per heavy atom. The number of nitriles is 1. The second-order valence-corrected chi connectivity index (χ2v) is 5.77. The highest BCUT2D eigenvalue weighted by molar-refractivity contribution is 6.03. The van der Waals surface area contributed by atoms with E-state index in [9.17, 15) is 9.59 Å². The zero-order valence-corrected chi connectivity index (χ0v) is 13.1. The third-order valence-electron chi connectivity index (χ3n) is 4.36. The predicted molar refractivity (Wildman–Crippen MR) is 77.7 cm³/mol. The number of piperidine rings is 1. The number of fused-ring (bicyclic) bond motifs is 1. The normalized spacial score (nSPS) is 27.5. The molecule has 0 bridgehead atoms. The first-order chi connectivity index (χ1) is 9.37. The summed E-state index contributed by atoms with van der Waals surface area (Å²) in [4.78, 5) is 25.4. The van der Waals surface area contributed by atoms with Crippen molar-refractivity contribution in [2.45, 2.75) is 41.0 Å².